The molecule has 1 N–H and O–H groups in total. The Labute approximate surface area is 140 Å². The third kappa shape index (κ3) is 5.35. The highest BCUT2D eigenvalue weighted by atomic mass is 19.1. The molecule has 0 aliphatic rings. The zero-order valence-electron chi connectivity index (χ0n) is 13.1. The molecule has 2 rings (SSSR count). The van der Waals surface area contributed by atoms with Gasteiger partial charge in [-0.15, -0.1) is 0 Å². The fourth-order valence-electron chi connectivity index (χ4n) is 2.03. The van der Waals surface area contributed by atoms with Gasteiger partial charge in [0.15, 0.2) is 6.29 Å². The van der Waals surface area contributed by atoms with Crippen LogP contribution in [-0.4, -0.2) is 18.9 Å². The Hall–Kier alpha value is -2.95. The van der Waals surface area contributed by atoms with Crippen LogP contribution < -0.4 is 5.32 Å². The van der Waals surface area contributed by atoms with Gasteiger partial charge in [0.2, 0.25) is 0 Å². The summed E-state index contributed by atoms with van der Waals surface area (Å²) in [4.78, 5) is 22.2. The summed E-state index contributed by atoms with van der Waals surface area (Å²) in [5.41, 5.74) is 1.28. The van der Waals surface area contributed by atoms with E-state index < -0.39 is 11.9 Å². The smallest absolute Gasteiger partial charge is 0.407 e. The van der Waals surface area contributed by atoms with Gasteiger partial charge in [-0.05, 0) is 18.1 Å². The van der Waals surface area contributed by atoms with Crippen molar-refractivity contribution in [2.45, 2.75) is 13.0 Å². The van der Waals surface area contributed by atoms with Crippen molar-refractivity contribution < 1.29 is 18.7 Å². The maximum absolute atomic E-state index is 13.8. The Morgan fingerprint density at radius 2 is 1.83 bits per heavy atom. The molecule has 0 atom stereocenters. The van der Waals surface area contributed by atoms with Gasteiger partial charge in [0.05, 0.1) is 5.56 Å². The van der Waals surface area contributed by atoms with E-state index in [9.17, 15) is 14.0 Å². The molecule has 4 nitrogen and oxygen atoms in total. The molecule has 0 aliphatic carbocycles. The first-order chi connectivity index (χ1) is 11.7. The summed E-state index contributed by atoms with van der Waals surface area (Å²) < 4.78 is 18.9. The fraction of sp³-hybridized carbons (Fsp3) is 0.158. The monoisotopic (exact) mass is 327 g/mol. The van der Waals surface area contributed by atoms with Gasteiger partial charge in [-0.1, -0.05) is 54.6 Å². The second-order valence-corrected chi connectivity index (χ2v) is 5.05. The molecule has 0 aliphatic heterocycles. The first-order valence-electron chi connectivity index (χ1n) is 7.55. The molecule has 0 fully saturated rings. The predicted molar refractivity (Wildman–Crippen MR) is 90.1 cm³/mol. The van der Waals surface area contributed by atoms with Gasteiger partial charge in [-0.2, -0.15) is 0 Å². The summed E-state index contributed by atoms with van der Waals surface area (Å²) in [6.07, 6.45) is 3.81. The van der Waals surface area contributed by atoms with E-state index in [2.05, 4.69) is 5.32 Å². The van der Waals surface area contributed by atoms with Crippen molar-refractivity contribution in [1.82, 2.24) is 5.32 Å². The SMILES string of the molecule is O=Cc1cccc(C=CCCNC(=O)OCc2ccccc2)c1F. The van der Waals surface area contributed by atoms with Gasteiger partial charge in [0.25, 0.3) is 0 Å². The van der Waals surface area contributed by atoms with Gasteiger partial charge in [-0.3, -0.25) is 4.79 Å². The van der Waals surface area contributed by atoms with Crippen LogP contribution in [0.3, 0.4) is 0 Å². The van der Waals surface area contributed by atoms with Crippen molar-refractivity contribution in [2.75, 3.05) is 6.54 Å². The lowest BCUT2D eigenvalue weighted by molar-refractivity contribution is 0.111. The maximum Gasteiger partial charge on any atom is 0.407 e. The molecule has 0 aromatic heterocycles. The zero-order chi connectivity index (χ0) is 17.2. The average molecular weight is 327 g/mol. The first kappa shape index (κ1) is 17.4. The summed E-state index contributed by atoms with van der Waals surface area (Å²) >= 11 is 0. The van der Waals surface area contributed by atoms with Gasteiger partial charge < -0.3 is 10.1 Å². The van der Waals surface area contributed by atoms with E-state index in [0.717, 1.165) is 5.56 Å². The Morgan fingerprint density at radius 3 is 2.58 bits per heavy atom. The first-order valence-corrected chi connectivity index (χ1v) is 7.55. The highest BCUT2D eigenvalue weighted by Crippen LogP contribution is 2.13. The van der Waals surface area contributed by atoms with E-state index in [-0.39, 0.29) is 12.2 Å². The molecular weight excluding hydrogens is 309 g/mol. The summed E-state index contributed by atoms with van der Waals surface area (Å²) in [5, 5.41) is 2.61. The van der Waals surface area contributed by atoms with Crippen molar-refractivity contribution in [3.05, 3.63) is 77.1 Å². The Balaban J connectivity index is 1.71. The van der Waals surface area contributed by atoms with Gasteiger partial charge in [-0.25, -0.2) is 9.18 Å². The molecule has 2 aromatic carbocycles. The van der Waals surface area contributed by atoms with E-state index in [1.165, 1.54) is 6.07 Å². The highest BCUT2D eigenvalue weighted by Gasteiger charge is 2.04. The van der Waals surface area contributed by atoms with Crippen LogP contribution in [0.15, 0.2) is 54.6 Å². The number of nitrogens with one attached hydrogen (secondary N) is 1. The molecule has 5 heteroatoms. The van der Waals surface area contributed by atoms with Crippen LogP contribution >= 0.6 is 0 Å². The van der Waals surface area contributed by atoms with Crippen LogP contribution in [-0.2, 0) is 11.3 Å². The molecule has 0 saturated carbocycles. The molecule has 0 saturated heterocycles. The Morgan fingerprint density at radius 1 is 1.08 bits per heavy atom. The molecule has 124 valence electrons. The second-order valence-electron chi connectivity index (χ2n) is 5.05. The molecule has 0 spiro atoms. The van der Waals surface area contributed by atoms with Crippen LogP contribution in [0.2, 0.25) is 0 Å². The lowest BCUT2D eigenvalue weighted by atomic mass is 10.1. The Kier molecular flexibility index (Phi) is 6.71. The number of alkyl carbamates (subject to hydrolysis) is 1. The number of hydrogen-bond acceptors (Lipinski definition) is 3. The minimum absolute atomic E-state index is 0.0276. The maximum atomic E-state index is 13.8. The summed E-state index contributed by atoms with van der Waals surface area (Å²) in [5.74, 6) is -0.543. The molecule has 0 radical (unpaired) electrons. The fourth-order valence-corrected chi connectivity index (χ4v) is 2.03. The largest absolute Gasteiger partial charge is 0.445 e. The number of benzene rings is 2. The third-order valence-electron chi connectivity index (χ3n) is 3.28. The van der Waals surface area contributed by atoms with Crippen molar-refractivity contribution >= 4 is 18.5 Å². The molecule has 0 bridgehead atoms. The summed E-state index contributed by atoms with van der Waals surface area (Å²) in [7, 11) is 0. The van der Waals surface area contributed by atoms with E-state index in [1.807, 2.05) is 30.3 Å². The van der Waals surface area contributed by atoms with Gasteiger partial charge in [0, 0.05) is 12.1 Å². The number of rotatable bonds is 7. The zero-order valence-corrected chi connectivity index (χ0v) is 13.1. The van der Waals surface area contributed by atoms with Gasteiger partial charge in [0.1, 0.15) is 12.4 Å². The number of halogens is 1. The van der Waals surface area contributed by atoms with Crippen LogP contribution in [0.4, 0.5) is 9.18 Å². The number of aldehydes is 1. The minimum Gasteiger partial charge on any atom is -0.445 e. The Bertz CT molecular complexity index is 714. The molecule has 0 unspecified atom stereocenters. The standard InChI is InChI=1S/C19H18FNO3/c20-18-16(10-6-11-17(18)13-22)9-4-5-12-21-19(23)24-14-15-7-2-1-3-8-15/h1-4,6-11,13H,5,12,14H2,(H,21,23). The van der Waals surface area contributed by atoms with Crippen LogP contribution in [0.5, 0.6) is 0 Å². The lowest BCUT2D eigenvalue weighted by Crippen LogP contribution is -2.24. The van der Waals surface area contributed by atoms with E-state index in [1.54, 1.807) is 24.3 Å². The van der Waals surface area contributed by atoms with Crippen LogP contribution in [0.1, 0.15) is 27.9 Å². The summed E-state index contributed by atoms with van der Waals surface area (Å²) in [6.45, 7) is 0.589. The van der Waals surface area contributed by atoms with Crippen molar-refractivity contribution in [3.63, 3.8) is 0 Å². The predicted octanol–water partition coefficient (Wildman–Crippen LogP) is 3.97. The van der Waals surface area contributed by atoms with Gasteiger partial charge >= 0.3 is 6.09 Å². The normalized spacial score (nSPS) is 10.5. The lowest BCUT2D eigenvalue weighted by Gasteiger charge is -2.06. The van der Waals surface area contributed by atoms with E-state index in [4.69, 9.17) is 4.74 Å². The molecule has 24 heavy (non-hydrogen) atoms. The minimum atomic E-state index is -0.543. The number of carbonyl (C=O) groups is 2. The molecule has 0 heterocycles. The van der Waals surface area contributed by atoms with Crippen molar-refractivity contribution in [1.29, 1.82) is 0 Å². The average Bonchev–Trinajstić information content (AvgIpc) is 2.62. The second kappa shape index (κ2) is 9.25. The number of amides is 1. The molecule has 2 aromatic rings. The number of ether oxygens (including phenoxy) is 1. The van der Waals surface area contributed by atoms with Crippen LogP contribution in [0, 0.1) is 5.82 Å². The topological polar surface area (TPSA) is 55.4 Å². The van der Waals surface area contributed by atoms with Crippen molar-refractivity contribution in [3.8, 4) is 0 Å². The van der Waals surface area contributed by atoms with E-state index in [0.29, 0.717) is 24.8 Å². The summed E-state index contributed by atoms with van der Waals surface area (Å²) in [6, 6.07) is 14.0. The third-order valence-corrected chi connectivity index (χ3v) is 3.28. The quantitative estimate of drug-likeness (QED) is 0.618. The van der Waals surface area contributed by atoms with Crippen molar-refractivity contribution in [2.24, 2.45) is 0 Å². The van der Waals surface area contributed by atoms with Crippen LogP contribution in [0.25, 0.3) is 6.08 Å². The molecule has 1 amide bonds. The molecular formula is C19H18FNO3. The van der Waals surface area contributed by atoms with E-state index >= 15 is 0 Å². The number of carbonyl (C=O) groups excluding carboxylic acids is 2. The highest BCUT2D eigenvalue weighted by molar-refractivity contribution is 5.77. The number of hydrogen-bond donors (Lipinski definition) is 1.